The van der Waals surface area contributed by atoms with Crippen LogP contribution in [-0.2, 0) is 4.79 Å². The summed E-state index contributed by atoms with van der Waals surface area (Å²) >= 11 is 5.90. The van der Waals surface area contributed by atoms with Crippen molar-refractivity contribution in [1.29, 1.82) is 0 Å². The van der Waals surface area contributed by atoms with Gasteiger partial charge in [-0.2, -0.15) is 5.10 Å². The lowest BCUT2D eigenvalue weighted by Crippen LogP contribution is -2.24. The average Bonchev–Trinajstić information content (AvgIpc) is 2.93. The van der Waals surface area contributed by atoms with Crippen molar-refractivity contribution in [3.8, 4) is 5.75 Å². The summed E-state index contributed by atoms with van der Waals surface area (Å²) in [5.74, 6) is 0.234. The molecule has 2 rings (SSSR count). The Bertz CT molecular complexity index is 609. The van der Waals surface area contributed by atoms with Crippen LogP contribution in [0.25, 0.3) is 0 Å². The van der Waals surface area contributed by atoms with Crippen molar-refractivity contribution < 1.29 is 13.9 Å². The second-order valence-corrected chi connectivity index (χ2v) is 4.46. The van der Waals surface area contributed by atoms with E-state index in [1.165, 1.54) is 18.7 Å². The molecule has 0 aliphatic heterocycles. The molecule has 0 aliphatic carbocycles. The maximum absolute atomic E-state index is 11.5. The van der Waals surface area contributed by atoms with E-state index in [0.29, 0.717) is 10.8 Å². The van der Waals surface area contributed by atoms with Crippen LogP contribution >= 0.6 is 11.6 Å². The number of hydrazone groups is 1. The highest BCUT2D eigenvalue weighted by Crippen LogP contribution is 2.20. The van der Waals surface area contributed by atoms with Crippen molar-refractivity contribution in [1.82, 2.24) is 5.43 Å². The summed E-state index contributed by atoms with van der Waals surface area (Å²) in [6.07, 6.45) is 4.52. The smallest absolute Gasteiger partial charge is 0.277 e. The molecule has 2 aromatic rings. The minimum absolute atomic E-state index is 0.121. The van der Waals surface area contributed by atoms with Gasteiger partial charge in [0.15, 0.2) is 6.61 Å². The van der Waals surface area contributed by atoms with Crippen LogP contribution < -0.4 is 10.2 Å². The summed E-state index contributed by atoms with van der Waals surface area (Å²) in [6.45, 7) is 1.74. The van der Waals surface area contributed by atoms with Gasteiger partial charge >= 0.3 is 0 Å². The Morgan fingerprint density at radius 1 is 1.50 bits per heavy atom. The van der Waals surface area contributed by atoms with E-state index in [1.807, 2.05) is 6.92 Å². The first kappa shape index (κ1) is 14.1. The molecule has 104 valence electrons. The van der Waals surface area contributed by atoms with Gasteiger partial charge in [0.05, 0.1) is 18.7 Å². The molecule has 1 heterocycles. The summed E-state index contributed by atoms with van der Waals surface area (Å²) < 4.78 is 10.2. The Morgan fingerprint density at radius 2 is 2.35 bits per heavy atom. The topological polar surface area (TPSA) is 63.8 Å². The number of nitrogens with zero attached hydrogens (tertiary/aromatic N) is 1. The van der Waals surface area contributed by atoms with E-state index in [-0.39, 0.29) is 12.5 Å². The quantitative estimate of drug-likeness (QED) is 0.681. The van der Waals surface area contributed by atoms with Crippen LogP contribution in [0.1, 0.15) is 11.1 Å². The monoisotopic (exact) mass is 292 g/mol. The third-order valence-electron chi connectivity index (χ3n) is 2.45. The van der Waals surface area contributed by atoms with Gasteiger partial charge in [0, 0.05) is 10.6 Å². The number of hydrogen-bond donors (Lipinski definition) is 1. The van der Waals surface area contributed by atoms with Gasteiger partial charge in [-0.25, -0.2) is 5.43 Å². The maximum atomic E-state index is 11.5. The number of aryl methyl sites for hydroxylation is 1. The number of amides is 1. The van der Waals surface area contributed by atoms with Crippen molar-refractivity contribution in [3.63, 3.8) is 0 Å². The van der Waals surface area contributed by atoms with Crippen LogP contribution in [0.5, 0.6) is 5.75 Å². The molecule has 0 spiro atoms. The summed E-state index contributed by atoms with van der Waals surface area (Å²) in [6, 6.07) is 6.92. The van der Waals surface area contributed by atoms with Gasteiger partial charge in [-0.1, -0.05) is 11.6 Å². The minimum Gasteiger partial charge on any atom is -0.484 e. The molecule has 0 saturated heterocycles. The fourth-order valence-corrected chi connectivity index (χ4v) is 1.53. The third-order valence-corrected chi connectivity index (χ3v) is 2.87. The van der Waals surface area contributed by atoms with Crippen molar-refractivity contribution >= 4 is 23.7 Å². The first-order valence-corrected chi connectivity index (χ1v) is 6.26. The minimum atomic E-state index is -0.350. The van der Waals surface area contributed by atoms with Gasteiger partial charge in [-0.05, 0) is 36.8 Å². The van der Waals surface area contributed by atoms with Crippen molar-refractivity contribution in [2.75, 3.05) is 6.61 Å². The van der Waals surface area contributed by atoms with E-state index >= 15 is 0 Å². The van der Waals surface area contributed by atoms with E-state index < -0.39 is 0 Å². The molecule has 0 saturated carbocycles. The number of benzene rings is 1. The second kappa shape index (κ2) is 6.77. The molecule has 1 aromatic carbocycles. The number of hydrogen-bond acceptors (Lipinski definition) is 4. The third kappa shape index (κ3) is 4.13. The average molecular weight is 293 g/mol. The van der Waals surface area contributed by atoms with Gasteiger partial charge in [-0.15, -0.1) is 0 Å². The molecule has 0 fully saturated rings. The van der Waals surface area contributed by atoms with Crippen LogP contribution in [0.4, 0.5) is 0 Å². The Kier molecular flexibility index (Phi) is 4.79. The first-order chi connectivity index (χ1) is 9.65. The second-order valence-electron chi connectivity index (χ2n) is 4.05. The predicted octanol–water partition coefficient (Wildman–Crippen LogP) is 2.77. The number of carbonyl (C=O) groups is 1. The molecule has 1 amide bonds. The summed E-state index contributed by atoms with van der Waals surface area (Å²) in [5, 5.41) is 4.43. The van der Waals surface area contributed by atoms with Crippen molar-refractivity contribution in [2.45, 2.75) is 6.92 Å². The Balaban J connectivity index is 1.78. The van der Waals surface area contributed by atoms with Gasteiger partial charge in [0.2, 0.25) is 0 Å². The zero-order chi connectivity index (χ0) is 14.4. The number of ether oxygens (including phenoxy) is 1. The Hall–Kier alpha value is -2.27. The lowest BCUT2D eigenvalue weighted by molar-refractivity contribution is -0.123. The summed E-state index contributed by atoms with van der Waals surface area (Å²) in [5.41, 5.74) is 4.01. The van der Waals surface area contributed by atoms with Gasteiger partial charge < -0.3 is 9.15 Å². The SMILES string of the molecule is Cc1cc(OCC(=O)N/N=C/c2ccoc2)ccc1Cl. The molecule has 1 aromatic heterocycles. The number of nitrogens with one attached hydrogen (secondary N) is 1. The van der Waals surface area contributed by atoms with Crippen LogP contribution in [-0.4, -0.2) is 18.7 Å². The molecular weight excluding hydrogens is 280 g/mol. The molecule has 5 nitrogen and oxygen atoms in total. The molecule has 20 heavy (non-hydrogen) atoms. The molecule has 0 bridgehead atoms. The van der Waals surface area contributed by atoms with Crippen LogP contribution in [0.2, 0.25) is 5.02 Å². The normalized spacial score (nSPS) is 10.7. The van der Waals surface area contributed by atoms with Crippen molar-refractivity contribution in [3.05, 3.63) is 52.9 Å². The lowest BCUT2D eigenvalue weighted by atomic mass is 10.2. The summed E-state index contributed by atoms with van der Waals surface area (Å²) in [4.78, 5) is 11.5. The number of carbonyl (C=O) groups excluding carboxylic acids is 1. The molecule has 0 unspecified atom stereocenters. The first-order valence-electron chi connectivity index (χ1n) is 5.88. The fraction of sp³-hybridized carbons (Fsp3) is 0.143. The fourth-order valence-electron chi connectivity index (χ4n) is 1.42. The van der Waals surface area contributed by atoms with E-state index in [2.05, 4.69) is 10.5 Å². The molecular formula is C14H13ClN2O3. The largest absolute Gasteiger partial charge is 0.484 e. The summed E-state index contributed by atoms with van der Waals surface area (Å²) in [7, 11) is 0. The molecule has 1 N–H and O–H groups in total. The van der Waals surface area contributed by atoms with E-state index in [0.717, 1.165) is 11.1 Å². The van der Waals surface area contributed by atoms with Crippen LogP contribution in [0.3, 0.4) is 0 Å². The maximum Gasteiger partial charge on any atom is 0.277 e. The Morgan fingerprint density at radius 3 is 3.05 bits per heavy atom. The van der Waals surface area contributed by atoms with Crippen LogP contribution in [0.15, 0.2) is 46.3 Å². The van der Waals surface area contributed by atoms with E-state index in [4.69, 9.17) is 20.8 Å². The highest BCUT2D eigenvalue weighted by molar-refractivity contribution is 6.31. The van der Waals surface area contributed by atoms with Crippen molar-refractivity contribution in [2.24, 2.45) is 5.10 Å². The molecule has 6 heteroatoms. The van der Waals surface area contributed by atoms with E-state index in [1.54, 1.807) is 24.3 Å². The van der Waals surface area contributed by atoms with Crippen LogP contribution in [0, 0.1) is 6.92 Å². The van der Waals surface area contributed by atoms with Gasteiger partial charge in [-0.3, -0.25) is 4.79 Å². The molecule has 0 radical (unpaired) electrons. The highest BCUT2D eigenvalue weighted by atomic mass is 35.5. The Labute approximate surface area is 121 Å². The van der Waals surface area contributed by atoms with Gasteiger partial charge in [0.25, 0.3) is 5.91 Å². The predicted molar refractivity (Wildman–Crippen MR) is 76.1 cm³/mol. The number of halogens is 1. The lowest BCUT2D eigenvalue weighted by Gasteiger charge is -2.06. The number of furan rings is 1. The van der Waals surface area contributed by atoms with E-state index in [9.17, 15) is 4.79 Å². The number of rotatable bonds is 5. The zero-order valence-electron chi connectivity index (χ0n) is 10.8. The molecule has 0 atom stereocenters. The van der Waals surface area contributed by atoms with Gasteiger partial charge in [0.1, 0.15) is 5.75 Å². The zero-order valence-corrected chi connectivity index (χ0v) is 11.6. The molecule has 0 aliphatic rings. The highest BCUT2D eigenvalue weighted by Gasteiger charge is 2.03. The standard InChI is InChI=1S/C14H13ClN2O3/c1-10-6-12(2-3-13(10)15)20-9-14(18)17-16-7-11-4-5-19-8-11/h2-8H,9H2,1H3,(H,17,18)/b16-7+.